The second-order valence-electron chi connectivity index (χ2n) is 10.6. The molecule has 0 unspecified atom stereocenters. The van der Waals surface area contributed by atoms with Gasteiger partial charge in [0.05, 0.1) is 11.2 Å². The average molecular weight is 535 g/mol. The predicted molar refractivity (Wildman–Crippen MR) is 176 cm³/mol. The largest absolute Gasteiger partial charge is 0.256 e. The van der Waals surface area contributed by atoms with Gasteiger partial charge in [-0.3, -0.25) is 9.97 Å². The summed E-state index contributed by atoms with van der Waals surface area (Å²) >= 11 is 0. The van der Waals surface area contributed by atoms with Gasteiger partial charge >= 0.3 is 0 Å². The third kappa shape index (κ3) is 4.13. The summed E-state index contributed by atoms with van der Waals surface area (Å²) in [6.45, 7) is 0. The van der Waals surface area contributed by atoms with Crippen molar-refractivity contribution >= 4 is 32.4 Å². The maximum absolute atomic E-state index is 4.79. The van der Waals surface area contributed by atoms with Crippen LogP contribution in [0.4, 0.5) is 0 Å². The van der Waals surface area contributed by atoms with Crippen LogP contribution in [0.3, 0.4) is 0 Å². The topological polar surface area (TPSA) is 25.8 Å². The van der Waals surface area contributed by atoms with Crippen LogP contribution in [0.15, 0.2) is 158 Å². The highest BCUT2D eigenvalue weighted by atomic mass is 14.7. The lowest BCUT2D eigenvalue weighted by Crippen LogP contribution is -1.91. The maximum atomic E-state index is 4.79. The highest BCUT2D eigenvalue weighted by Crippen LogP contribution is 2.43. The Morgan fingerprint density at radius 1 is 0.333 bits per heavy atom. The van der Waals surface area contributed by atoms with Gasteiger partial charge in [0.1, 0.15) is 0 Å². The molecule has 0 bridgehead atoms. The molecule has 2 aromatic heterocycles. The highest BCUT2D eigenvalue weighted by Gasteiger charge is 2.16. The van der Waals surface area contributed by atoms with E-state index in [0.717, 1.165) is 33.3 Å². The van der Waals surface area contributed by atoms with Crippen molar-refractivity contribution in [3.63, 3.8) is 0 Å². The Balaban J connectivity index is 1.20. The molecule has 2 nitrogen and oxygen atoms in total. The first kappa shape index (κ1) is 24.2. The molecular weight excluding hydrogens is 508 g/mol. The van der Waals surface area contributed by atoms with Gasteiger partial charge in [0.15, 0.2) is 0 Å². The fraction of sp³-hybridized carbons (Fsp3) is 0. The van der Waals surface area contributed by atoms with E-state index in [1.165, 1.54) is 43.8 Å². The zero-order chi connectivity index (χ0) is 27.9. The Hall–Kier alpha value is -5.60. The summed E-state index contributed by atoms with van der Waals surface area (Å²) < 4.78 is 0. The van der Waals surface area contributed by atoms with Crippen molar-refractivity contribution in [1.29, 1.82) is 0 Å². The van der Waals surface area contributed by atoms with E-state index in [-0.39, 0.29) is 0 Å². The number of fused-ring (bicyclic) bond motifs is 3. The lowest BCUT2D eigenvalue weighted by atomic mass is 9.86. The van der Waals surface area contributed by atoms with Crippen molar-refractivity contribution in [2.75, 3.05) is 0 Å². The van der Waals surface area contributed by atoms with Crippen molar-refractivity contribution in [2.24, 2.45) is 0 Å². The number of nitrogens with zero attached hydrogens (tertiary/aromatic N) is 2. The van der Waals surface area contributed by atoms with Gasteiger partial charge in [0.2, 0.25) is 0 Å². The van der Waals surface area contributed by atoms with E-state index in [2.05, 4.69) is 132 Å². The molecule has 0 aliphatic rings. The number of hydrogen-bond acceptors (Lipinski definition) is 2. The quantitative estimate of drug-likeness (QED) is 0.210. The van der Waals surface area contributed by atoms with Crippen LogP contribution in [0.2, 0.25) is 0 Å². The number of aromatic nitrogens is 2. The van der Waals surface area contributed by atoms with Crippen LogP contribution in [-0.4, -0.2) is 9.97 Å². The molecular formula is C40H26N2. The summed E-state index contributed by atoms with van der Waals surface area (Å²) in [5, 5.41) is 6.18. The molecule has 0 aliphatic heterocycles. The van der Waals surface area contributed by atoms with Crippen LogP contribution in [-0.2, 0) is 0 Å². The van der Waals surface area contributed by atoms with Crippen molar-refractivity contribution < 1.29 is 0 Å². The Morgan fingerprint density at radius 2 is 0.833 bits per heavy atom. The van der Waals surface area contributed by atoms with Gasteiger partial charge in [-0.2, -0.15) is 0 Å². The van der Waals surface area contributed by atoms with Gasteiger partial charge in [-0.25, -0.2) is 0 Å². The Morgan fingerprint density at radius 3 is 1.45 bits per heavy atom. The van der Waals surface area contributed by atoms with Gasteiger partial charge in [0.25, 0.3) is 0 Å². The SMILES string of the molecule is c1ccc(-c2c3ccccc3c(-c3ccc(-c4ccc(-c5cnc6ccccc6c5)nc4)cc3)c3ccccc23)cc1. The average Bonchev–Trinajstić information content (AvgIpc) is 3.07. The maximum Gasteiger partial charge on any atom is 0.0718 e. The lowest BCUT2D eigenvalue weighted by molar-refractivity contribution is 1.31. The van der Waals surface area contributed by atoms with Crippen molar-refractivity contribution in [3.8, 4) is 44.6 Å². The molecule has 0 radical (unpaired) electrons. The monoisotopic (exact) mass is 534 g/mol. The van der Waals surface area contributed by atoms with E-state index in [1.54, 1.807) is 0 Å². The van der Waals surface area contributed by atoms with E-state index < -0.39 is 0 Å². The molecule has 2 heteroatoms. The van der Waals surface area contributed by atoms with Gasteiger partial charge in [-0.05, 0) is 67.6 Å². The predicted octanol–water partition coefficient (Wildman–Crippen LogP) is 10.6. The molecule has 6 aromatic carbocycles. The second-order valence-corrected chi connectivity index (χ2v) is 10.6. The standard InChI is InChI=1S/C40H26N2/c1-2-10-28(11-3-1)39-33-13-5-7-15-35(33)40(36-16-8-6-14-34(36)39)29-20-18-27(19-21-29)31-22-23-38(41-25-31)32-24-30-12-4-9-17-37(30)42-26-32/h1-26H. The molecule has 0 aliphatic carbocycles. The number of para-hydroxylation sites is 1. The second kappa shape index (κ2) is 10.1. The molecule has 0 saturated heterocycles. The van der Waals surface area contributed by atoms with E-state index >= 15 is 0 Å². The van der Waals surface area contributed by atoms with Crippen molar-refractivity contribution in [1.82, 2.24) is 9.97 Å². The summed E-state index contributed by atoms with van der Waals surface area (Å²) in [6.07, 6.45) is 3.86. The first-order valence-corrected chi connectivity index (χ1v) is 14.2. The molecule has 8 rings (SSSR count). The normalized spacial score (nSPS) is 11.3. The summed E-state index contributed by atoms with van der Waals surface area (Å²) in [5.74, 6) is 0. The van der Waals surface area contributed by atoms with Gasteiger partial charge in [0, 0.05) is 28.9 Å². The van der Waals surface area contributed by atoms with Crippen LogP contribution in [0, 0.1) is 0 Å². The Kier molecular flexibility index (Phi) is 5.82. The molecule has 196 valence electrons. The van der Waals surface area contributed by atoms with Crippen LogP contribution in [0.1, 0.15) is 0 Å². The molecule has 0 fully saturated rings. The molecule has 8 aromatic rings. The summed E-state index contributed by atoms with van der Waals surface area (Å²) in [6, 6.07) is 51.7. The highest BCUT2D eigenvalue weighted by molar-refractivity contribution is 6.21. The minimum atomic E-state index is 0.921. The number of hydrogen-bond donors (Lipinski definition) is 0. The molecule has 2 heterocycles. The number of rotatable bonds is 4. The summed E-state index contributed by atoms with van der Waals surface area (Å²) in [4.78, 5) is 9.40. The first-order valence-electron chi connectivity index (χ1n) is 14.2. The van der Waals surface area contributed by atoms with E-state index in [1.807, 2.05) is 30.6 Å². The van der Waals surface area contributed by atoms with Crippen LogP contribution in [0.25, 0.3) is 77.1 Å². The molecule has 0 spiro atoms. The fourth-order valence-electron chi connectivity index (χ4n) is 6.13. The smallest absolute Gasteiger partial charge is 0.0718 e. The fourth-order valence-corrected chi connectivity index (χ4v) is 6.13. The molecule has 0 atom stereocenters. The zero-order valence-electron chi connectivity index (χ0n) is 22.9. The van der Waals surface area contributed by atoms with Crippen LogP contribution >= 0.6 is 0 Å². The van der Waals surface area contributed by atoms with E-state index in [9.17, 15) is 0 Å². The van der Waals surface area contributed by atoms with Gasteiger partial charge in [-0.15, -0.1) is 0 Å². The van der Waals surface area contributed by atoms with E-state index in [4.69, 9.17) is 4.98 Å². The zero-order valence-corrected chi connectivity index (χ0v) is 22.9. The molecule has 0 amide bonds. The van der Waals surface area contributed by atoms with Crippen molar-refractivity contribution in [2.45, 2.75) is 0 Å². The molecule has 0 saturated carbocycles. The third-order valence-corrected chi connectivity index (χ3v) is 8.15. The summed E-state index contributed by atoms with van der Waals surface area (Å²) in [7, 11) is 0. The van der Waals surface area contributed by atoms with Crippen LogP contribution < -0.4 is 0 Å². The molecule has 0 N–H and O–H groups in total. The first-order chi connectivity index (χ1) is 20.8. The third-order valence-electron chi connectivity index (χ3n) is 8.15. The number of benzene rings is 6. The summed E-state index contributed by atoms with van der Waals surface area (Å²) in [5.41, 5.74) is 10.2. The van der Waals surface area contributed by atoms with Crippen LogP contribution in [0.5, 0.6) is 0 Å². The van der Waals surface area contributed by atoms with Gasteiger partial charge < -0.3 is 0 Å². The van der Waals surface area contributed by atoms with Gasteiger partial charge in [-0.1, -0.05) is 127 Å². The van der Waals surface area contributed by atoms with E-state index in [0.29, 0.717) is 0 Å². The molecule has 42 heavy (non-hydrogen) atoms. The Labute approximate surface area is 244 Å². The Bertz CT molecular complexity index is 2160. The van der Waals surface area contributed by atoms with Crippen molar-refractivity contribution in [3.05, 3.63) is 158 Å². The minimum absolute atomic E-state index is 0.921. The minimum Gasteiger partial charge on any atom is -0.256 e. The number of pyridine rings is 2. The lowest BCUT2D eigenvalue weighted by Gasteiger charge is -2.18.